The first-order valence-electron chi connectivity index (χ1n) is 20.0. The number of nitriles is 1. The Morgan fingerprint density at radius 1 is 1.10 bits per heavy atom. The number of imide groups is 1. The molecule has 4 fully saturated rings. The number of thiocarbonyl (C=S) groups is 1. The van der Waals surface area contributed by atoms with Gasteiger partial charge in [0.05, 0.1) is 30.1 Å². The van der Waals surface area contributed by atoms with Crippen molar-refractivity contribution >= 4 is 87.7 Å². The van der Waals surface area contributed by atoms with Crippen LogP contribution in [0.5, 0.6) is 5.75 Å². The second-order valence-corrected chi connectivity index (χ2v) is 16.4. The van der Waals surface area contributed by atoms with E-state index >= 15 is 0 Å². The molecule has 1 aliphatic carbocycles. The Hall–Kier alpha value is -5.02. The molecule has 3 N–H and O–H groups in total. The predicted molar refractivity (Wildman–Crippen MR) is 230 cm³/mol. The molecule has 2 unspecified atom stereocenters. The van der Waals surface area contributed by atoms with Crippen molar-refractivity contribution in [2.45, 2.75) is 95.4 Å². The van der Waals surface area contributed by atoms with Crippen molar-refractivity contribution in [2.75, 3.05) is 40.1 Å². The lowest BCUT2D eigenvalue weighted by atomic mass is 9.75. The van der Waals surface area contributed by atoms with Gasteiger partial charge in [-0.3, -0.25) is 34.3 Å². The third-order valence-electron chi connectivity index (χ3n) is 11.9. The fraction of sp³-hybridized carbons (Fsp3) is 0.452. The number of pyridine rings is 1. The Balaban J connectivity index is 0.00000622. The van der Waals surface area contributed by atoms with Gasteiger partial charge in [-0.25, -0.2) is 4.98 Å². The van der Waals surface area contributed by atoms with Gasteiger partial charge >= 0.3 is 6.18 Å². The zero-order chi connectivity index (χ0) is 42.9. The number of nitrogens with one attached hydrogen (secondary N) is 3. The third-order valence-corrected chi connectivity index (χ3v) is 12.5. The summed E-state index contributed by atoms with van der Waals surface area (Å²) in [6, 6.07) is 11.8. The van der Waals surface area contributed by atoms with Gasteiger partial charge in [-0.1, -0.05) is 18.5 Å². The van der Waals surface area contributed by atoms with E-state index in [1.165, 1.54) is 6.07 Å². The molecule has 4 amide bonds. The van der Waals surface area contributed by atoms with E-state index in [9.17, 15) is 37.6 Å². The van der Waals surface area contributed by atoms with Gasteiger partial charge < -0.3 is 20.3 Å². The van der Waals surface area contributed by atoms with Gasteiger partial charge in [-0.15, -0.1) is 12.4 Å². The molecule has 1 spiro atoms. The molecule has 3 aliphatic heterocycles. The largest absolute Gasteiger partial charge is 0.493 e. The summed E-state index contributed by atoms with van der Waals surface area (Å²) in [5.41, 5.74) is -0.601. The summed E-state index contributed by atoms with van der Waals surface area (Å²) in [6.07, 6.45) is 1.73. The minimum absolute atomic E-state index is 0. The van der Waals surface area contributed by atoms with Crippen LogP contribution in [0.3, 0.4) is 0 Å². The zero-order valence-electron chi connectivity index (χ0n) is 33.4. The van der Waals surface area contributed by atoms with Crippen LogP contribution < -0.4 is 30.5 Å². The number of alkyl halides is 3. The summed E-state index contributed by atoms with van der Waals surface area (Å²) in [6.45, 7) is 5.79. The van der Waals surface area contributed by atoms with Crippen LogP contribution in [-0.4, -0.2) is 75.9 Å². The van der Waals surface area contributed by atoms with Crippen LogP contribution in [-0.2, 0) is 31.8 Å². The highest BCUT2D eigenvalue weighted by molar-refractivity contribution is 7.81. The van der Waals surface area contributed by atoms with Crippen LogP contribution in [0.25, 0.3) is 0 Å². The summed E-state index contributed by atoms with van der Waals surface area (Å²) in [7, 11) is 0. The number of hydrogen-bond donors (Lipinski definition) is 3. The van der Waals surface area contributed by atoms with Crippen molar-refractivity contribution < 1.29 is 37.1 Å². The van der Waals surface area contributed by atoms with Crippen molar-refractivity contribution in [3.63, 3.8) is 0 Å². The molecular weight excluding hydrogens is 856 g/mol. The maximum absolute atomic E-state index is 13.9. The molecule has 13 nitrogen and oxygen atoms in total. The van der Waals surface area contributed by atoms with Crippen LogP contribution in [0.2, 0.25) is 5.02 Å². The molecule has 4 aliphatic rings. The van der Waals surface area contributed by atoms with Gasteiger partial charge in [-0.2, -0.15) is 18.4 Å². The van der Waals surface area contributed by atoms with E-state index in [1.54, 1.807) is 23.1 Å². The van der Waals surface area contributed by atoms with E-state index in [0.717, 1.165) is 61.5 Å². The molecule has 2 aromatic carbocycles. The number of benzene rings is 2. The van der Waals surface area contributed by atoms with Crippen LogP contribution in [0.4, 0.5) is 35.9 Å². The smallest absolute Gasteiger partial charge is 0.419 e. The molecular formula is C42H45Cl2F3N8O5S. The summed E-state index contributed by atoms with van der Waals surface area (Å²) in [4.78, 5) is 59.7. The number of piperidine rings is 2. The average molecular weight is 902 g/mol. The van der Waals surface area contributed by atoms with E-state index in [-0.39, 0.29) is 41.4 Å². The maximum atomic E-state index is 13.9. The average Bonchev–Trinajstić information content (AvgIpc) is 3.44. The molecule has 4 heterocycles. The van der Waals surface area contributed by atoms with Gasteiger partial charge in [0.25, 0.3) is 5.91 Å². The molecule has 0 radical (unpaired) electrons. The third kappa shape index (κ3) is 9.42. The number of ether oxygens (including phenoxy) is 1. The first-order valence-corrected chi connectivity index (χ1v) is 20.8. The normalized spacial score (nSPS) is 19.8. The molecule has 1 saturated carbocycles. The Morgan fingerprint density at radius 3 is 2.46 bits per heavy atom. The van der Waals surface area contributed by atoms with E-state index in [1.807, 2.05) is 32.0 Å². The van der Waals surface area contributed by atoms with Crippen molar-refractivity contribution in [1.29, 1.82) is 5.26 Å². The van der Waals surface area contributed by atoms with Gasteiger partial charge in [0.15, 0.2) is 10.8 Å². The first kappa shape index (κ1) is 45.5. The highest BCUT2D eigenvalue weighted by Gasteiger charge is 2.60. The van der Waals surface area contributed by atoms with Crippen molar-refractivity contribution in [2.24, 2.45) is 5.92 Å². The number of nitrogens with zero attached hydrogens (tertiary/aromatic N) is 5. The topological polar surface area (TPSA) is 160 Å². The molecule has 61 heavy (non-hydrogen) atoms. The van der Waals surface area contributed by atoms with Gasteiger partial charge in [0, 0.05) is 28.5 Å². The standard InChI is InChI=1S/C42H44ClF3N8O5S.ClH/c1-3-26-17-30(54-40(60)53(39(58)41(54)12-4-13-41)31-21-32(42(44,45)46)34(22-47)48-23-31)5-7-35(26)59-16-11-25-9-14-52(15-10-25)24(2)37(56)50-29-19-27(43)18-28(20-29)49-33-6-8-36(55)51-38(33)57;/h5,7,17-21,23-25,33,49H,3-4,6,8-16H2,1-2H3,(H,50,56)(H,51,55,57);1H. The lowest BCUT2D eigenvalue weighted by molar-refractivity contribution is -0.138. The Morgan fingerprint density at radius 2 is 1.82 bits per heavy atom. The summed E-state index contributed by atoms with van der Waals surface area (Å²) < 4.78 is 47.7. The Labute approximate surface area is 367 Å². The first-order chi connectivity index (χ1) is 28.6. The number of rotatable bonds is 12. The number of aryl methyl sites for hydroxylation is 1. The molecule has 0 bridgehead atoms. The zero-order valence-corrected chi connectivity index (χ0v) is 35.8. The van der Waals surface area contributed by atoms with Crippen LogP contribution in [0, 0.1) is 17.2 Å². The number of carbonyl (C=O) groups excluding carboxylic acids is 4. The second-order valence-electron chi connectivity index (χ2n) is 15.6. The number of carbonyl (C=O) groups is 4. The van der Waals surface area contributed by atoms with Gasteiger partial charge in [0.1, 0.15) is 23.4 Å². The van der Waals surface area contributed by atoms with Gasteiger partial charge in [0.2, 0.25) is 17.7 Å². The van der Waals surface area contributed by atoms with E-state index < -0.39 is 46.9 Å². The molecule has 7 rings (SSSR count). The minimum Gasteiger partial charge on any atom is -0.493 e. The fourth-order valence-corrected chi connectivity index (χ4v) is 9.07. The molecule has 2 atom stereocenters. The van der Waals surface area contributed by atoms with Gasteiger partial charge in [-0.05, 0) is 138 Å². The lowest BCUT2D eigenvalue weighted by Gasteiger charge is -2.43. The number of hydrogen-bond acceptors (Lipinski definition) is 10. The number of anilines is 4. The van der Waals surface area contributed by atoms with Crippen molar-refractivity contribution in [3.8, 4) is 11.8 Å². The summed E-state index contributed by atoms with van der Waals surface area (Å²) in [5, 5.41) is 18.0. The molecule has 3 saturated heterocycles. The predicted octanol–water partition coefficient (Wildman–Crippen LogP) is 7.40. The monoisotopic (exact) mass is 900 g/mol. The molecule has 19 heteroatoms. The SMILES string of the molecule is CCc1cc(N2C(=S)N(c3cnc(C#N)c(C(F)(F)F)c3)C(=O)C23CCC3)ccc1OCCC1CCN(C(C)C(=O)Nc2cc(Cl)cc(NC3CCC(=O)NC3=O)c2)CC1.Cl. The Kier molecular flexibility index (Phi) is 13.8. The number of likely N-dealkylation sites (tertiary alicyclic amines) is 1. The van der Waals surface area contributed by atoms with Crippen molar-refractivity contribution in [1.82, 2.24) is 15.2 Å². The second kappa shape index (κ2) is 18.5. The summed E-state index contributed by atoms with van der Waals surface area (Å²) in [5.74, 6) is -0.228. The quantitative estimate of drug-likeness (QED) is 0.123. The van der Waals surface area contributed by atoms with Crippen LogP contribution >= 0.6 is 36.2 Å². The lowest BCUT2D eigenvalue weighted by Crippen LogP contribution is -2.55. The molecule has 3 aromatic rings. The van der Waals surface area contributed by atoms with E-state index in [0.29, 0.717) is 66.0 Å². The highest BCUT2D eigenvalue weighted by Crippen LogP contribution is 2.49. The Bertz CT molecular complexity index is 2260. The molecule has 324 valence electrons. The van der Waals surface area contributed by atoms with Crippen molar-refractivity contribution in [3.05, 3.63) is 70.5 Å². The van der Waals surface area contributed by atoms with E-state index in [4.69, 9.17) is 28.6 Å². The van der Waals surface area contributed by atoms with Crippen LogP contribution in [0.15, 0.2) is 48.7 Å². The fourth-order valence-electron chi connectivity index (χ4n) is 8.37. The number of halogens is 5. The number of aromatic nitrogens is 1. The van der Waals surface area contributed by atoms with Crippen LogP contribution in [0.1, 0.15) is 82.0 Å². The summed E-state index contributed by atoms with van der Waals surface area (Å²) >= 11 is 12.1. The van der Waals surface area contributed by atoms with E-state index in [2.05, 4.69) is 25.8 Å². The number of amides is 4. The minimum atomic E-state index is -4.85. The highest BCUT2D eigenvalue weighted by atomic mass is 35.5. The maximum Gasteiger partial charge on any atom is 0.419 e. The molecule has 1 aromatic heterocycles.